The van der Waals surface area contributed by atoms with Crippen molar-refractivity contribution in [3.05, 3.63) is 81.7 Å². The van der Waals surface area contributed by atoms with Gasteiger partial charge in [-0.1, -0.05) is 0 Å². The molecular formula is C23H19BrF3N7O. The summed E-state index contributed by atoms with van der Waals surface area (Å²) in [5, 5.41) is 0.633. The topological polar surface area (TPSA) is 111 Å². The summed E-state index contributed by atoms with van der Waals surface area (Å²) in [7, 11) is 0. The molecule has 1 unspecified atom stereocenters. The van der Waals surface area contributed by atoms with Gasteiger partial charge in [0, 0.05) is 30.2 Å². The summed E-state index contributed by atoms with van der Waals surface area (Å²) in [5.41, 5.74) is 6.71. The molecule has 4 aromatic heterocycles. The van der Waals surface area contributed by atoms with E-state index in [9.17, 15) is 18.0 Å². The molecule has 0 fully saturated rings. The molecule has 180 valence electrons. The van der Waals surface area contributed by atoms with Gasteiger partial charge >= 0.3 is 6.18 Å². The Hall–Kier alpha value is -3.67. The Labute approximate surface area is 206 Å². The lowest BCUT2D eigenvalue weighted by Gasteiger charge is -2.28. The van der Waals surface area contributed by atoms with Gasteiger partial charge in [0.2, 0.25) is 0 Å². The molecule has 0 radical (unpaired) electrons. The fraction of sp³-hybridized carbons (Fsp3) is 0.217. The number of fused-ring (bicyclic) bond motifs is 1. The molecule has 8 nitrogen and oxygen atoms in total. The molecule has 12 heteroatoms. The zero-order valence-electron chi connectivity index (χ0n) is 18.6. The lowest BCUT2D eigenvalue weighted by Crippen LogP contribution is -2.34. The highest BCUT2D eigenvalue weighted by Gasteiger charge is 2.31. The summed E-state index contributed by atoms with van der Waals surface area (Å²) in [4.78, 5) is 36.0. The van der Waals surface area contributed by atoms with Gasteiger partial charge in [0.05, 0.1) is 33.9 Å². The highest BCUT2D eigenvalue weighted by molar-refractivity contribution is 9.10. The molecule has 1 atom stereocenters. The van der Waals surface area contributed by atoms with Crippen LogP contribution >= 0.6 is 15.9 Å². The van der Waals surface area contributed by atoms with E-state index in [0.29, 0.717) is 21.3 Å². The first-order valence-electron chi connectivity index (χ1n) is 10.4. The number of aromatic nitrogens is 5. The number of pyridine rings is 3. The molecule has 0 spiro atoms. The molecule has 0 aromatic carbocycles. The Bertz CT molecular complexity index is 1380. The number of nitrogens with two attached hydrogens (primary N) is 1. The van der Waals surface area contributed by atoms with Crippen LogP contribution in [0.4, 0.5) is 19.0 Å². The first-order chi connectivity index (χ1) is 16.6. The zero-order valence-corrected chi connectivity index (χ0v) is 20.2. The Morgan fingerprint density at radius 3 is 2.49 bits per heavy atom. The summed E-state index contributed by atoms with van der Waals surface area (Å²) in [6.45, 7) is 3.48. The normalized spacial score (nSPS) is 12.5. The first kappa shape index (κ1) is 24.5. The fourth-order valence-corrected chi connectivity index (χ4v) is 3.79. The summed E-state index contributed by atoms with van der Waals surface area (Å²) in [6, 6.07) is 4.87. The maximum Gasteiger partial charge on any atom is 0.417 e. The number of halogens is 4. The van der Waals surface area contributed by atoms with Crippen molar-refractivity contribution in [3.63, 3.8) is 0 Å². The number of hydrogen-bond donors (Lipinski definition) is 1. The molecule has 2 N–H and O–H groups in total. The molecule has 0 saturated heterocycles. The Morgan fingerprint density at radius 1 is 1.14 bits per heavy atom. The molecule has 1 amide bonds. The van der Waals surface area contributed by atoms with Crippen LogP contribution in [0.15, 0.2) is 53.5 Å². The SMILES string of the molecule is Cc1c(Br)c(N)nc2ncc(C(=O)N(Cc3ccc(C(F)(F)F)cn3)C(C)c3ncccn3)cc12. The van der Waals surface area contributed by atoms with Gasteiger partial charge in [0.15, 0.2) is 5.65 Å². The number of amides is 1. The van der Waals surface area contributed by atoms with Crippen molar-refractivity contribution < 1.29 is 18.0 Å². The molecule has 0 aliphatic heterocycles. The van der Waals surface area contributed by atoms with Crippen molar-refractivity contribution in [2.75, 3.05) is 5.73 Å². The van der Waals surface area contributed by atoms with E-state index in [0.717, 1.165) is 17.8 Å². The lowest BCUT2D eigenvalue weighted by atomic mass is 10.1. The second-order valence-electron chi connectivity index (χ2n) is 7.78. The Kier molecular flexibility index (Phi) is 6.66. The number of carbonyl (C=O) groups is 1. The largest absolute Gasteiger partial charge is 0.417 e. The van der Waals surface area contributed by atoms with Crippen LogP contribution in [0.3, 0.4) is 0 Å². The van der Waals surface area contributed by atoms with Crippen LogP contribution in [0.5, 0.6) is 0 Å². The van der Waals surface area contributed by atoms with Gasteiger partial charge in [-0.15, -0.1) is 0 Å². The third-order valence-corrected chi connectivity index (χ3v) is 6.47. The zero-order chi connectivity index (χ0) is 25.3. The van der Waals surface area contributed by atoms with E-state index in [1.165, 1.54) is 17.2 Å². The van der Waals surface area contributed by atoms with E-state index in [2.05, 4.69) is 40.8 Å². The fourth-order valence-electron chi connectivity index (χ4n) is 3.49. The van der Waals surface area contributed by atoms with Gasteiger partial charge < -0.3 is 10.6 Å². The maximum atomic E-state index is 13.7. The van der Waals surface area contributed by atoms with Gasteiger partial charge in [0.1, 0.15) is 11.6 Å². The van der Waals surface area contributed by atoms with Crippen molar-refractivity contribution in [1.29, 1.82) is 0 Å². The molecule has 0 bridgehead atoms. The Balaban J connectivity index is 1.73. The summed E-state index contributed by atoms with van der Waals surface area (Å²) < 4.78 is 39.5. The highest BCUT2D eigenvalue weighted by Crippen LogP contribution is 2.31. The maximum absolute atomic E-state index is 13.7. The lowest BCUT2D eigenvalue weighted by molar-refractivity contribution is -0.137. The molecule has 0 aliphatic carbocycles. The number of alkyl halides is 3. The number of rotatable bonds is 5. The minimum absolute atomic E-state index is 0.0723. The van der Waals surface area contributed by atoms with E-state index < -0.39 is 23.7 Å². The molecule has 4 aromatic rings. The monoisotopic (exact) mass is 545 g/mol. The quantitative estimate of drug-likeness (QED) is 0.380. The second-order valence-corrected chi connectivity index (χ2v) is 8.58. The van der Waals surface area contributed by atoms with Crippen LogP contribution < -0.4 is 5.73 Å². The van der Waals surface area contributed by atoms with Crippen molar-refractivity contribution in [2.45, 2.75) is 32.6 Å². The van der Waals surface area contributed by atoms with Gasteiger partial charge in [-0.05, 0) is 59.6 Å². The smallest absolute Gasteiger partial charge is 0.383 e. The van der Waals surface area contributed by atoms with E-state index in [-0.39, 0.29) is 23.6 Å². The van der Waals surface area contributed by atoms with Crippen LogP contribution in [-0.2, 0) is 12.7 Å². The van der Waals surface area contributed by atoms with Gasteiger partial charge in [-0.2, -0.15) is 13.2 Å². The predicted octanol–water partition coefficient (Wildman–Crippen LogP) is 4.89. The standard InChI is InChI=1S/C23H19BrF3N7O/c1-12-17-8-14(9-32-21(17)33-19(28)18(12)24)22(35)34(13(2)20-29-6-3-7-30-20)11-16-5-4-15(10-31-16)23(25,26)27/h3-10,13H,11H2,1-2H3,(H2,28,32,33). The molecule has 0 saturated carbocycles. The number of nitrogen functional groups attached to an aromatic ring is 1. The second kappa shape index (κ2) is 9.53. The van der Waals surface area contributed by atoms with Crippen LogP contribution in [-0.4, -0.2) is 35.7 Å². The van der Waals surface area contributed by atoms with E-state index >= 15 is 0 Å². The Morgan fingerprint density at radius 2 is 1.86 bits per heavy atom. The van der Waals surface area contributed by atoms with Crippen molar-refractivity contribution in [3.8, 4) is 0 Å². The van der Waals surface area contributed by atoms with E-state index in [1.807, 2.05) is 6.92 Å². The van der Waals surface area contributed by atoms with E-state index in [1.54, 1.807) is 31.5 Å². The molecule has 4 rings (SSSR count). The van der Waals surface area contributed by atoms with Gasteiger partial charge in [0.25, 0.3) is 5.91 Å². The minimum Gasteiger partial charge on any atom is -0.383 e. The third-order valence-electron chi connectivity index (χ3n) is 5.47. The van der Waals surface area contributed by atoms with Gasteiger partial charge in [-0.25, -0.2) is 19.9 Å². The average molecular weight is 546 g/mol. The molecule has 0 aliphatic rings. The minimum atomic E-state index is -4.51. The predicted molar refractivity (Wildman–Crippen MR) is 126 cm³/mol. The first-order valence-corrected chi connectivity index (χ1v) is 11.2. The average Bonchev–Trinajstić information content (AvgIpc) is 2.85. The summed E-state index contributed by atoms with van der Waals surface area (Å²) in [6.07, 6.45) is 0.720. The molecule has 4 heterocycles. The van der Waals surface area contributed by atoms with Crippen LogP contribution in [0, 0.1) is 6.92 Å². The van der Waals surface area contributed by atoms with Crippen LogP contribution in [0.1, 0.15) is 46.0 Å². The third kappa shape index (κ3) is 5.06. The molecule has 35 heavy (non-hydrogen) atoms. The molecular weight excluding hydrogens is 527 g/mol. The van der Waals surface area contributed by atoms with Gasteiger partial charge in [-0.3, -0.25) is 9.78 Å². The van der Waals surface area contributed by atoms with E-state index in [4.69, 9.17) is 5.73 Å². The number of aryl methyl sites for hydroxylation is 1. The summed E-state index contributed by atoms with van der Waals surface area (Å²) in [5.74, 6) is 0.231. The summed E-state index contributed by atoms with van der Waals surface area (Å²) >= 11 is 3.39. The van der Waals surface area contributed by atoms with Crippen LogP contribution in [0.2, 0.25) is 0 Å². The van der Waals surface area contributed by atoms with Crippen molar-refractivity contribution in [1.82, 2.24) is 29.8 Å². The number of nitrogens with zero attached hydrogens (tertiary/aromatic N) is 6. The van der Waals surface area contributed by atoms with Crippen molar-refractivity contribution >= 4 is 38.7 Å². The number of hydrogen-bond acceptors (Lipinski definition) is 7. The van der Waals surface area contributed by atoms with Crippen molar-refractivity contribution in [2.24, 2.45) is 0 Å². The highest BCUT2D eigenvalue weighted by atomic mass is 79.9. The number of carbonyl (C=O) groups excluding carboxylic acids is 1. The number of anilines is 1. The van der Waals surface area contributed by atoms with Crippen LogP contribution in [0.25, 0.3) is 11.0 Å².